The fourth-order valence-electron chi connectivity index (χ4n) is 3.47. The molecule has 0 saturated heterocycles. The maximum atomic E-state index is 13.1. The SMILES string of the molecule is COc1ccc(C(=O)NC(Cc2cscn2)c2nc(Cc3ccc(C(=O)NO)cc3)no2)cc1OC. The molecule has 0 aliphatic rings. The Morgan fingerprint density at radius 1 is 1.06 bits per heavy atom. The number of ether oxygens (including phenoxy) is 2. The molecule has 0 saturated carbocycles. The minimum absolute atomic E-state index is 0.239. The molecule has 0 bridgehead atoms. The van der Waals surface area contributed by atoms with Gasteiger partial charge >= 0.3 is 0 Å². The second kappa shape index (κ2) is 11.4. The lowest BCUT2D eigenvalue weighted by Gasteiger charge is -2.15. The van der Waals surface area contributed by atoms with E-state index >= 15 is 0 Å². The number of carbonyl (C=O) groups is 2. The van der Waals surface area contributed by atoms with E-state index in [1.807, 2.05) is 5.38 Å². The van der Waals surface area contributed by atoms with E-state index in [1.165, 1.54) is 25.6 Å². The van der Waals surface area contributed by atoms with Gasteiger partial charge in [0.2, 0.25) is 5.89 Å². The van der Waals surface area contributed by atoms with Gasteiger partial charge in [0.25, 0.3) is 11.8 Å². The monoisotopic (exact) mass is 509 g/mol. The van der Waals surface area contributed by atoms with Crippen LogP contribution in [-0.4, -0.2) is 46.4 Å². The van der Waals surface area contributed by atoms with Gasteiger partial charge in [0.05, 0.1) is 25.4 Å². The third kappa shape index (κ3) is 5.85. The summed E-state index contributed by atoms with van der Waals surface area (Å²) >= 11 is 1.45. The Bertz CT molecular complexity index is 1320. The molecule has 0 radical (unpaired) electrons. The van der Waals surface area contributed by atoms with E-state index in [0.717, 1.165) is 11.3 Å². The highest BCUT2D eigenvalue weighted by atomic mass is 32.1. The number of thiazole rings is 1. The van der Waals surface area contributed by atoms with Crippen molar-refractivity contribution in [3.63, 3.8) is 0 Å². The zero-order chi connectivity index (χ0) is 25.5. The lowest BCUT2D eigenvalue weighted by molar-refractivity contribution is 0.0706. The minimum Gasteiger partial charge on any atom is -0.493 e. The molecule has 4 rings (SSSR count). The van der Waals surface area contributed by atoms with Crippen molar-refractivity contribution < 1.29 is 28.8 Å². The van der Waals surface area contributed by atoms with Gasteiger partial charge in [-0.15, -0.1) is 11.3 Å². The molecule has 2 amide bonds. The quantitative estimate of drug-likeness (QED) is 0.217. The van der Waals surface area contributed by atoms with Crippen LogP contribution in [0.4, 0.5) is 0 Å². The van der Waals surface area contributed by atoms with Gasteiger partial charge in [-0.25, -0.2) is 10.5 Å². The highest BCUT2D eigenvalue weighted by Gasteiger charge is 2.24. The summed E-state index contributed by atoms with van der Waals surface area (Å²) in [7, 11) is 3.02. The molecule has 0 aliphatic carbocycles. The van der Waals surface area contributed by atoms with Crippen LogP contribution in [0.15, 0.2) is 57.9 Å². The zero-order valence-electron chi connectivity index (χ0n) is 19.4. The van der Waals surface area contributed by atoms with Crippen LogP contribution in [0.5, 0.6) is 11.5 Å². The fourth-order valence-corrected chi connectivity index (χ4v) is 4.04. The van der Waals surface area contributed by atoms with Gasteiger partial charge in [-0.1, -0.05) is 17.3 Å². The highest BCUT2D eigenvalue weighted by molar-refractivity contribution is 7.07. The van der Waals surface area contributed by atoms with Crippen LogP contribution >= 0.6 is 11.3 Å². The fraction of sp³-hybridized carbons (Fsp3) is 0.208. The summed E-state index contributed by atoms with van der Waals surface area (Å²) < 4.78 is 16.0. The molecule has 0 spiro atoms. The van der Waals surface area contributed by atoms with Gasteiger partial charge in [0, 0.05) is 29.3 Å². The first-order valence-corrected chi connectivity index (χ1v) is 11.7. The third-order valence-electron chi connectivity index (χ3n) is 5.31. The van der Waals surface area contributed by atoms with Gasteiger partial charge in [-0.3, -0.25) is 14.8 Å². The van der Waals surface area contributed by atoms with Crippen molar-refractivity contribution in [1.82, 2.24) is 25.9 Å². The Hall–Kier alpha value is -4.29. The first kappa shape index (κ1) is 24.8. The van der Waals surface area contributed by atoms with E-state index in [9.17, 15) is 9.59 Å². The normalized spacial score (nSPS) is 11.5. The van der Waals surface area contributed by atoms with E-state index in [4.69, 9.17) is 19.2 Å². The Balaban J connectivity index is 1.52. The zero-order valence-corrected chi connectivity index (χ0v) is 20.2. The first-order valence-electron chi connectivity index (χ1n) is 10.8. The first-order chi connectivity index (χ1) is 17.5. The molecule has 1 atom stereocenters. The molecule has 1 unspecified atom stereocenters. The Morgan fingerprint density at radius 3 is 2.47 bits per heavy atom. The number of hydrogen-bond donors (Lipinski definition) is 3. The summed E-state index contributed by atoms with van der Waals surface area (Å²) in [5.74, 6) is 0.645. The van der Waals surface area contributed by atoms with Crippen LogP contribution in [0.3, 0.4) is 0 Å². The molecule has 3 N–H and O–H groups in total. The van der Waals surface area contributed by atoms with Crippen molar-refractivity contribution in [2.24, 2.45) is 0 Å². The van der Waals surface area contributed by atoms with Crippen molar-refractivity contribution in [1.29, 1.82) is 0 Å². The van der Waals surface area contributed by atoms with Gasteiger partial charge in [-0.2, -0.15) is 4.98 Å². The Morgan fingerprint density at radius 2 is 1.81 bits per heavy atom. The van der Waals surface area contributed by atoms with E-state index in [-0.39, 0.29) is 11.8 Å². The summed E-state index contributed by atoms with van der Waals surface area (Å²) in [4.78, 5) is 33.4. The maximum absolute atomic E-state index is 13.1. The molecular weight excluding hydrogens is 486 g/mol. The van der Waals surface area contributed by atoms with Crippen LogP contribution in [0.25, 0.3) is 0 Å². The average Bonchev–Trinajstić information content (AvgIpc) is 3.60. The van der Waals surface area contributed by atoms with Gasteiger partial charge < -0.3 is 19.3 Å². The number of benzene rings is 2. The van der Waals surface area contributed by atoms with Gasteiger partial charge in [-0.05, 0) is 35.9 Å². The lowest BCUT2D eigenvalue weighted by Crippen LogP contribution is -2.30. The highest BCUT2D eigenvalue weighted by Crippen LogP contribution is 2.28. The minimum atomic E-state index is -0.621. The van der Waals surface area contributed by atoms with Crippen LogP contribution in [-0.2, 0) is 12.8 Å². The van der Waals surface area contributed by atoms with E-state index in [2.05, 4.69) is 20.4 Å². The molecule has 186 valence electrons. The van der Waals surface area contributed by atoms with E-state index in [1.54, 1.807) is 53.5 Å². The summed E-state index contributed by atoms with van der Waals surface area (Å²) in [6, 6.07) is 10.9. The topological polar surface area (TPSA) is 149 Å². The number of nitrogens with one attached hydrogen (secondary N) is 2. The van der Waals surface area contributed by atoms with Crippen molar-refractivity contribution in [3.05, 3.63) is 87.5 Å². The van der Waals surface area contributed by atoms with Crippen molar-refractivity contribution >= 4 is 23.2 Å². The number of hydrogen-bond acceptors (Lipinski definition) is 10. The molecule has 4 aromatic rings. The number of carbonyl (C=O) groups excluding carboxylic acids is 2. The smallest absolute Gasteiger partial charge is 0.274 e. The second-order valence-corrected chi connectivity index (χ2v) is 8.36. The number of nitrogens with zero attached hydrogens (tertiary/aromatic N) is 3. The van der Waals surface area contributed by atoms with Crippen LogP contribution in [0, 0.1) is 0 Å². The van der Waals surface area contributed by atoms with Crippen LogP contribution < -0.4 is 20.3 Å². The molecule has 2 aromatic carbocycles. The summed E-state index contributed by atoms with van der Waals surface area (Å²) in [5.41, 5.74) is 5.61. The predicted octanol–water partition coefficient (Wildman–Crippen LogP) is 2.97. The van der Waals surface area contributed by atoms with Crippen LogP contribution in [0.2, 0.25) is 0 Å². The number of aromatic nitrogens is 3. The molecular formula is C24H23N5O6S. The lowest BCUT2D eigenvalue weighted by atomic mass is 10.1. The van der Waals surface area contributed by atoms with E-state index < -0.39 is 11.9 Å². The van der Waals surface area contributed by atoms with Crippen molar-refractivity contribution in [3.8, 4) is 11.5 Å². The maximum Gasteiger partial charge on any atom is 0.274 e. The molecule has 2 aromatic heterocycles. The molecule has 11 nitrogen and oxygen atoms in total. The molecule has 0 aliphatic heterocycles. The Labute approximate surface area is 210 Å². The number of methoxy groups -OCH3 is 2. The largest absolute Gasteiger partial charge is 0.493 e. The molecule has 36 heavy (non-hydrogen) atoms. The average molecular weight is 510 g/mol. The summed E-state index contributed by atoms with van der Waals surface area (Å²) in [6.45, 7) is 0. The molecule has 0 fully saturated rings. The molecule has 2 heterocycles. The summed E-state index contributed by atoms with van der Waals surface area (Å²) in [5, 5.41) is 17.6. The predicted molar refractivity (Wildman–Crippen MR) is 128 cm³/mol. The van der Waals surface area contributed by atoms with Gasteiger partial charge in [0.15, 0.2) is 17.3 Å². The van der Waals surface area contributed by atoms with Crippen molar-refractivity contribution in [2.45, 2.75) is 18.9 Å². The van der Waals surface area contributed by atoms with Gasteiger partial charge in [0.1, 0.15) is 6.04 Å². The molecule has 12 heteroatoms. The second-order valence-electron chi connectivity index (χ2n) is 7.64. The van der Waals surface area contributed by atoms with E-state index in [0.29, 0.717) is 41.3 Å². The number of rotatable bonds is 10. The number of amides is 2. The third-order valence-corrected chi connectivity index (χ3v) is 5.94. The number of hydroxylamine groups is 1. The standard InChI is InChI=1S/C24H23N5O6S/c1-33-19-8-7-16(10-20(19)34-2)22(30)26-18(11-17-12-36-13-25-17)24-27-21(29-35-24)9-14-3-5-15(6-4-14)23(31)28-32/h3-8,10,12-13,18,32H,9,11H2,1-2H3,(H,26,30)(H,28,31). The van der Waals surface area contributed by atoms with Crippen LogP contribution in [0.1, 0.15) is 49.7 Å². The Kier molecular flexibility index (Phi) is 7.88. The van der Waals surface area contributed by atoms with Crippen molar-refractivity contribution in [2.75, 3.05) is 14.2 Å². The summed E-state index contributed by atoms with van der Waals surface area (Å²) in [6.07, 6.45) is 0.701.